The number of rotatable bonds is 2. The summed E-state index contributed by atoms with van der Waals surface area (Å²) in [6.07, 6.45) is 4.09. The number of halogens is 1. The highest BCUT2D eigenvalue weighted by atomic mass is 35.5. The maximum absolute atomic E-state index is 5.94. The molecule has 1 nitrogen and oxygen atoms in total. The Morgan fingerprint density at radius 1 is 1.14 bits per heavy atom. The second-order valence-corrected chi connectivity index (χ2v) is 4.40. The maximum atomic E-state index is 5.94. The van der Waals surface area contributed by atoms with Crippen LogP contribution in [-0.4, -0.2) is 18.0 Å². The number of nitrogens with zero attached hydrogens (tertiary/aromatic N) is 1. The minimum absolute atomic E-state index is 0.847. The van der Waals surface area contributed by atoms with Crippen LogP contribution >= 0.6 is 11.6 Å². The molecule has 0 radical (unpaired) electrons. The minimum atomic E-state index is 0.847. The first-order chi connectivity index (χ1) is 6.84. The Morgan fingerprint density at radius 2 is 1.93 bits per heavy atom. The zero-order chi connectivity index (χ0) is 9.80. The van der Waals surface area contributed by atoms with Gasteiger partial charge in [0.25, 0.3) is 0 Å². The minimum Gasteiger partial charge on any atom is -0.299 e. The molecule has 1 heterocycles. The fraction of sp³-hybridized carbons (Fsp3) is 0.500. The number of likely N-dealkylation sites (tertiary alicyclic amines) is 1. The molecule has 1 fully saturated rings. The largest absolute Gasteiger partial charge is 0.299 e. The van der Waals surface area contributed by atoms with Gasteiger partial charge in [0.2, 0.25) is 0 Å². The van der Waals surface area contributed by atoms with E-state index in [0.29, 0.717) is 0 Å². The highest BCUT2D eigenvalue weighted by molar-refractivity contribution is 6.30. The fourth-order valence-electron chi connectivity index (χ4n) is 2.01. The number of piperidine rings is 1. The van der Waals surface area contributed by atoms with E-state index in [1.807, 2.05) is 12.1 Å². The summed E-state index contributed by atoms with van der Waals surface area (Å²) >= 11 is 5.94. The molecule has 1 aromatic carbocycles. The molecule has 1 aliphatic rings. The van der Waals surface area contributed by atoms with Gasteiger partial charge in [0, 0.05) is 11.6 Å². The summed E-state index contributed by atoms with van der Waals surface area (Å²) in [7, 11) is 0. The van der Waals surface area contributed by atoms with Gasteiger partial charge < -0.3 is 0 Å². The third-order valence-corrected chi connectivity index (χ3v) is 2.98. The first kappa shape index (κ1) is 10.0. The summed E-state index contributed by atoms with van der Waals surface area (Å²) in [5, 5.41) is 0.847. The molecule has 1 aliphatic heterocycles. The molecule has 2 rings (SSSR count). The molecule has 0 aliphatic carbocycles. The van der Waals surface area contributed by atoms with E-state index in [1.165, 1.54) is 37.9 Å². The van der Waals surface area contributed by atoms with Gasteiger partial charge in [-0.05, 0) is 43.6 Å². The summed E-state index contributed by atoms with van der Waals surface area (Å²) in [5.74, 6) is 0. The fourth-order valence-corrected chi connectivity index (χ4v) is 2.22. The molecule has 14 heavy (non-hydrogen) atoms. The number of hydrogen-bond acceptors (Lipinski definition) is 1. The third-order valence-electron chi connectivity index (χ3n) is 2.74. The van der Waals surface area contributed by atoms with Crippen LogP contribution in [-0.2, 0) is 6.54 Å². The van der Waals surface area contributed by atoms with Gasteiger partial charge in [0.1, 0.15) is 0 Å². The Morgan fingerprint density at radius 3 is 2.64 bits per heavy atom. The topological polar surface area (TPSA) is 3.24 Å². The van der Waals surface area contributed by atoms with Crippen LogP contribution in [0.1, 0.15) is 24.8 Å². The van der Waals surface area contributed by atoms with Crippen molar-refractivity contribution >= 4 is 11.6 Å². The molecular formula is C12H16ClN. The molecule has 1 aromatic rings. The lowest BCUT2D eigenvalue weighted by molar-refractivity contribution is 0.221. The summed E-state index contributed by atoms with van der Waals surface area (Å²) in [6.45, 7) is 3.54. The zero-order valence-electron chi connectivity index (χ0n) is 8.38. The van der Waals surface area contributed by atoms with Crippen molar-refractivity contribution in [2.75, 3.05) is 13.1 Å². The molecule has 0 atom stereocenters. The van der Waals surface area contributed by atoms with E-state index in [0.717, 1.165) is 11.6 Å². The number of hydrogen-bond donors (Lipinski definition) is 0. The van der Waals surface area contributed by atoms with E-state index in [2.05, 4.69) is 17.0 Å². The lowest BCUT2D eigenvalue weighted by atomic mass is 10.1. The van der Waals surface area contributed by atoms with Crippen molar-refractivity contribution in [3.63, 3.8) is 0 Å². The van der Waals surface area contributed by atoms with Crippen molar-refractivity contribution in [1.29, 1.82) is 0 Å². The lowest BCUT2D eigenvalue weighted by Crippen LogP contribution is -2.28. The number of benzene rings is 1. The normalized spacial score (nSPS) is 18.4. The predicted molar refractivity (Wildman–Crippen MR) is 60.6 cm³/mol. The molecule has 76 valence electrons. The Kier molecular flexibility index (Phi) is 3.44. The average Bonchev–Trinajstić information content (AvgIpc) is 2.19. The highest BCUT2D eigenvalue weighted by Crippen LogP contribution is 2.15. The summed E-state index contributed by atoms with van der Waals surface area (Å²) in [4.78, 5) is 2.51. The van der Waals surface area contributed by atoms with Crippen molar-refractivity contribution in [2.45, 2.75) is 25.8 Å². The van der Waals surface area contributed by atoms with E-state index >= 15 is 0 Å². The van der Waals surface area contributed by atoms with Crippen LogP contribution in [0, 0.1) is 0 Å². The van der Waals surface area contributed by atoms with Crippen molar-refractivity contribution in [1.82, 2.24) is 4.90 Å². The Labute approximate surface area is 90.7 Å². The Balaban J connectivity index is 1.95. The van der Waals surface area contributed by atoms with Gasteiger partial charge in [-0.3, -0.25) is 4.90 Å². The Bertz CT molecular complexity index is 292. The molecule has 0 aromatic heterocycles. The second-order valence-electron chi connectivity index (χ2n) is 3.97. The summed E-state index contributed by atoms with van der Waals surface area (Å²) in [5.41, 5.74) is 1.33. The van der Waals surface area contributed by atoms with Gasteiger partial charge in [0.15, 0.2) is 0 Å². The van der Waals surface area contributed by atoms with Gasteiger partial charge >= 0.3 is 0 Å². The molecule has 0 amide bonds. The Hall–Kier alpha value is -0.530. The quantitative estimate of drug-likeness (QED) is 0.723. The van der Waals surface area contributed by atoms with Gasteiger partial charge in [-0.15, -0.1) is 0 Å². The van der Waals surface area contributed by atoms with Crippen molar-refractivity contribution in [2.24, 2.45) is 0 Å². The molecule has 2 heteroatoms. The van der Waals surface area contributed by atoms with Gasteiger partial charge in [-0.1, -0.05) is 30.2 Å². The lowest BCUT2D eigenvalue weighted by Gasteiger charge is -2.26. The maximum Gasteiger partial charge on any atom is 0.0409 e. The van der Waals surface area contributed by atoms with Crippen LogP contribution in [0.5, 0.6) is 0 Å². The highest BCUT2D eigenvalue weighted by Gasteiger charge is 2.09. The average molecular weight is 210 g/mol. The van der Waals surface area contributed by atoms with Crippen LogP contribution in [0.4, 0.5) is 0 Å². The van der Waals surface area contributed by atoms with Crippen LogP contribution in [0.25, 0.3) is 0 Å². The zero-order valence-corrected chi connectivity index (χ0v) is 9.13. The SMILES string of the molecule is Clc1cccc(CN2CCCCC2)c1. The van der Waals surface area contributed by atoms with Crippen molar-refractivity contribution < 1.29 is 0 Å². The molecule has 0 N–H and O–H groups in total. The monoisotopic (exact) mass is 209 g/mol. The van der Waals surface area contributed by atoms with Crippen molar-refractivity contribution in [3.05, 3.63) is 34.9 Å². The first-order valence-electron chi connectivity index (χ1n) is 5.31. The van der Waals surface area contributed by atoms with Gasteiger partial charge in [-0.25, -0.2) is 0 Å². The van der Waals surface area contributed by atoms with E-state index in [9.17, 15) is 0 Å². The van der Waals surface area contributed by atoms with Gasteiger partial charge in [0.05, 0.1) is 0 Å². The molecular weight excluding hydrogens is 194 g/mol. The molecule has 1 saturated heterocycles. The third kappa shape index (κ3) is 2.73. The first-order valence-corrected chi connectivity index (χ1v) is 5.69. The second kappa shape index (κ2) is 4.81. The van der Waals surface area contributed by atoms with E-state index in [1.54, 1.807) is 0 Å². The van der Waals surface area contributed by atoms with Crippen LogP contribution in [0.15, 0.2) is 24.3 Å². The smallest absolute Gasteiger partial charge is 0.0409 e. The summed E-state index contributed by atoms with van der Waals surface area (Å²) in [6, 6.07) is 8.18. The molecule has 0 saturated carbocycles. The van der Waals surface area contributed by atoms with E-state index in [4.69, 9.17) is 11.6 Å². The van der Waals surface area contributed by atoms with Crippen molar-refractivity contribution in [3.8, 4) is 0 Å². The molecule has 0 bridgehead atoms. The predicted octanol–water partition coefficient (Wildman–Crippen LogP) is 3.33. The standard InChI is InChI=1S/C12H16ClN/c13-12-6-4-5-11(9-12)10-14-7-2-1-3-8-14/h4-6,9H,1-3,7-8,10H2. The van der Waals surface area contributed by atoms with Crippen LogP contribution in [0.3, 0.4) is 0 Å². The van der Waals surface area contributed by atoms with Crippen LogP contribution < -0.4 is 0 Å². The summed E-state index contributed by atoms with van der Waals surface area (Å²) < 4.78 is 0. The molecule has 0 spiro atoms. The van der Waals surface area contributed by atoms with E-state index < -0.39 is 0 Å². The van der Waals surface area contributed by atoms with Gasteiger partial charge in [-0.2, -0.15) is 0 Å². The van der Waals surface area contributed by atoms with E-state index in [-0.39, 0.29) is 0 Å². The van der Waals surface area contributed by atoms with Crippen LogP contribution in [0.2, 0.25) is 5.02 Å². The molecule has 0 unspecified atom stereocenters.